The Bertz CT molecular complexity index is 829. The van der Waals surface area contributed by atoms with E-state index in [0.29, 0.717) is 23.8 Å². The monoisotopic (exact) mass is 400 g/mol. The fraction of sp³-hybridized carbons (Fsp3) is 0.450. The normalized spacial score (nSPS) is 17.1. The van der Waals surface area contributed by atoms with Gasteiger partial charge in [0.25, 0.3) is 0 Å². The zero-order valence-corrected chi connectivity index (χ0v) is 16.8. The molecule has 1 aromatic heterocycles. The molecule has 0 saturated carbocycles. The van der Waals surface area contributed by atoms with E-state index >= 15 is 0 Å². The summed E-state index contributed by atoms with van der Waals surface area (Å²) in [5.74, 6) is 1.82. The Morgan fingerprint density at radius 1 is 0.929 bits per heavy atom. The maximum atomic E-state index is 12.5. The number of carbonyl (C=O) groups excluding carboxylic acids is 1. The van der Waals surface area contributed by atoms with E-state index in [-0.39, 0.29) is 6.03 Å². The predicted octanol–water partition coefficient (Wildman–Crippen LogP) is 3.39. The van der Waals surface area contributed by atoms with Crippen molar-refractivity contribution >= 4 is 35.0 Å². The molecule has 148 valence electrons. The number of nitrogens with zero attached hydrogens (tertiary/aromatic N) is 5. The zero-order chi connectivity index (χ0) is 19.5. The molecule has 0 atom stereocenters. The number of rotatable bonds is 3. The number of urea groups is 1. The van der Waals surface area contributed by atoms with Crippen molar-refractivity contribution in [3.05, 3.63) is 40.9 Å². The molecule has 8 heteroatoms. The van der Waals surface area contributed by atoms with Gasteiger partial charge in [0.05, 0.1) is 0 Å². The number of halogens is 1. The molecule has 2 aliphatic rings. The summed E-state index contributed by atoms with van der Waals surface area (Å²) < 4.78 is 0. The van der Waals surface area contributed by atoms with Gasteiger partial charge in [-0.25, -0.2) is 4.79 Å². The van der Waals surface area contributed by atoms with Crippen molar-refractivity contribution in [1.82, 2.24) is 15.1 Å². The highest BCUT2D eigenvalue weighted by molar-refractivity contribution is 6.31. The molecule has 7 nitrogen and oxygen atoms in total. The van der Waals surface area contributed by atoms with Gasteiger partial charge in [0, 0.05) is 50.0 Å². The topological polar surface area (TPSA) is 64.6 Å². The first-order valence-electron chi connectivity index (χ1n) is 9.76. The minimum atomic E-state index is -0.102. The van der Waals surface area contributed by atoms with Crippen LogP contribution in [-0.4, -0.2) is 60.4 Å². The Balaban J connectivity index is 1.31. The summed E-state index contributed by atoms with van der Waals surface area (Å²) in [6.45, 7) is 6.82. The second-order valence-corrected chi connectivity index (χ2v) is 7.72. The van der Waals surface area contributed by atoms with Crippen molar-refractivity contribution in [2.75, 3.05) is 54.4 Å². The Morgan fingerprint density at radius 2 is 1.54 bits per heavy atom. The molecule has 0 bridgehead atoms. The van der Waals surface area contributed by atoms with Gasteiger partial charge in [0.15, 0.2) is 11.6 Å². The second kappa shape index (κ2) is 8.22. The van der Waals surface area contributed by atoms with E-state index in [4.69, 9.17) is 11.6 Å². The van der Waals surface area contributed by atoms with Crippen LogP contribution in [0.2, 0.25) is 5.02 Å². The lowest BCUT2D eigenvalue weighted by Crippen LogP contribution is -2.50. The van der Waals surface area contributed by atoms with Gasteiger partial charge in [-0.05, 0) is 49.6 Å². The number of hydrogen-bond acceptors (Lipinski definition) is 5. The first-order chi connectivity index (χ1) is 13.6. The number of nitrogens with one attached hydrogen (secondary N) is 1. The van der Waals surface area contributed by atoms with Gasteiger partial charge in [-0.3, -0.25) is 0 Å². The van der Waals surface area contributed by atoms with Crippen molar-refractivity contribution in [2.45, 2.75) is 19.8 Å². The minimum Gasteiger partial charge on any atom is -0.355 e. The molecule has 2 saturated heterocycles. The van der Waals surface area contributed by atoms with Crippen LogP contribution < -0.4 is 15.1 Å². The highest BCUT2D eigenvalue weighted by Gasteiger charge is 2.23. The first-order valence-corrected chi connectivity index (χ1v) is 10.1. The first kappa shape index (κ1) is 18.8. The SMILES string of the molecule is Cc1ccc(NC(=O)N2CCN(c3ccc(N4CCCC4)nn3)CC2)cc1Cl. The van der Waals surface area contributed by atoms with E-state index < -0.39 is 0 Å². The number of aryl methyl sites for hydroxylation is 1. The molecule has 1 N–H and O–H groups in total. The third kappa shape index (κ3) is 4.14. The molecule has 2 amide bonds. The van der Waals surface area contributed by atoms with E-state index in [1.807, 2.05) is 36.1 Å². The number of anilines is 3. The number of amides is 2. The lowest BCUT2D eigenvalue weighted by atomic mass is 10.2. The Hall–Kier alpha value is -2.54. The quantitative estimate of drug-likeness (QED) is 0.855. The van der Waals surface area contributed by atoms with Crippen LogP contribution in [0.25, 0.3) is 0 Å². The van der Waals surface area contributed by atoms with Gasteiger partial charge in [0.1, 0.15) is 0 Å². The van der Waals surface area contributed by atoms with Gasteiger partial charge in [-0.2, -0.15) is 0 Å². The number of benzene rings is 1. The Kier molecular flexibility index (Phi) is 5.52. The summed E-state index contributed by atoms with van der Waals surface area (Å²) in [7, 11) is 0. The highest BCUT2D eigenvalue weighted by atomic mass is 35.5. The van der Waals surface area contributed by atoms with E-state index in [1.165, 1.54) is 12.8 Å². The van der Waals surface area contributed by atoms with Crippen LogP contribution >= 0.6 is 11.6 Å². The summed E-state index contributed by atoms with van der Waals surface area (Å²) in [6.07, 6.45) is 2.45. The molecular formula is C20H25ClN6O. The van der Waals surface area contributed by atoms with E-state index in [0.717, 1.165) is 43.4 Å². The maximum absolute atomic E-state index is 12.5. The molecule has 2 fully saturated rings. The van der Waals surface area contributed by atoms with Gasteiger partial charge >= 0.3 is 6.03 Å². The van der Waals surface area contributed by atoms with E-state index in [9.17, 15) is 4.79 Å². The van der Waals surface area contributed by atoms with Crippen molar-refractivity contribution in [3.8, 4) is 0 Å². The van der Waals surface area contributed by atoms with Crippen LogP contribution in [0.1, 0.15) is 18.4 Å². The van der Waals surface area contributed by atoms with Crippen LogP contribution in [0.4, 0.5) is 22.1 Å². The predicted molar refractivity (Wildman–Crippen MR) is 112 cm³/mol. The Morgan fingerprint density at radius 3 is 2.11 bits per heavy atom. The van der Waals surface area contributed by atoms with Crippen LogP contribution in [0.3, 0.4) is 0 Å². The molecule has 0 aliphatic carbocycles. The van der Waals surface area contributed by atoms with Crippen molar-refractivity contribution < 1.29 is 4.79 Å². The summed E-state index contributed by atoms with van der Waals surface area (Å²) in [5.41, 5.74) is 1.71. The maximum Gasteiger partial charge on any atom is 0.321 e. The third-order valence-electron chi connectivity index (χ3n) is 5.38. The average molecular weight is 401 g/mol. The molecule has 1 aromatic carbocycles. The number of hydrogen-bond donors (Lipinski definition) is 1. The average Bonchev–Trinajstić information content (AvgIpc) is 3.26. The molecule has 2 aromatic rings. The Labute approximate surface area is 170 Å². The molecule has 3 heterocycles. The van der Waals surface area contributed by atoms with Gasteiger partial charge < -0.3 is 20.0 Å². The lowest BCUT2D eigenvalue weighted by Gasteiger charge is -2.35. The lowest BCUT2D eigenvalue weighted by molar-refractivity contribution is 0.208. The molecule has 0 radical (unpaired) electrons. The summed E-state index contributed by atoms with van der Waals surface area (Å²) in [6, 6.07) is 9.53. The zero-order valence-electron chi connectivity index (χ0n) is 16.1. The number of aromatic nitrogens is 2. The summed E-state index contributed by atoms with van der Waals surface area (Å²) >= 11 is 6.14. The van der Waals surface area contributed by atoms with Gasteiger partial charge in [-0.15, -0.1) is 10.2 Å². The molecule has 2 aliphatic heterocycles. The second-order valence-electron chi connectivity index (χ2n) is 7.31. The van der Waals surface area contributed by atoms with Crippen LogP contribution in [-0.2, 0) is 0 Å². The number of piperazine rings is 1. The summed E-state index contributed by atoms with van der Waals surface area (Å²) in [4.78, 5) is 18.8. The standard InChI is InChI=1S/C20H25ClN6O/c1-15-4-5-16(14-17(15)21)22-20(28)27-12-10-26(11-13-27)19-7-6-18(23-24-19)25-8-2-3-9-25/h4-7,14H,2-3,8-13H2,1H3,(H,22,28). The summed E-state index contributed by atoms with van der Waals surface area (Å²) in [5, 5.41) is 12.4. The highest BCUT2D eigenvalue weighted by Crippen LogP contribution is 2.22. The van der Waals surface area contributed by atoms with Gasteiger partial charge in [-0.1, -0.05) is 17.7 Å². The van der Waals surface area contributed by atoms with Crippen molar-refractivity contribution in [3.63, 3.8) is 0 Å². The van der Waals surface area contributed by atoms with E-state index in [1.54, 1.807) is 6.07 Å². The fourth-order valence-corrected chi connectivity index (χ4v) is 3.79. The van der Waals surface area contributed by atoms with Crippen LogP contribution in [0.5, 0.6) is 0 Å². The molecule has 0 unspecified atom stereocenters. The van der Waals surface area contributed by atoms with Crippen molar-refractivity contribution in [1.29, 1.82) is 0 Å². The van der Waals surface area contributed by atoms with Crippen molar-refractivity contribution in [2.24, 2.45) is 0 Å². The molecule has 4 rings (SSSR count). The molecular weight excluding hydrogens is 376 g/mol. The minimum absolute atomic E-state index is 0.102. The molecule has 28 heavy (non-hydrogen) atoms. The van der Waals surface area contributed by atoms with Crippen LogP contribution in [0.15, 0.2) is 30.3 Å². The smallest absolute Gasteiger partial charge is 0.321 e. The van der Waals surface area contributed by atoms with Crippen LogP contribution in [0, 0.1) is 6.92 Å². The molecule has 0 spiro atoms. The van der Waals surface area contributed by atoms with E-state index in [2.05, 4.69) is 25.3 Å². The number of carbonyl (C=O) groups is 1. The third-order valence-corrected chi connectivity index (χ3v) is 5.79. The van der Waals surface area contributed by atoms with Gasteiger partial charge in [0.2, 0.25) is 0 Å². The largest absolute Gasteiger partial charge is 0.355 e. The fourth-order valence-electron chi connectivity index (χ4n) is 3.61.